The number of hydrogen-bond acceptors (Lipinski definition) is 4. The van der Waals surface area contributed by atoms with Gasteiger partial charge in [-0.2, -0.15) is 0 Å². The quantitative estimate of drug-likeness (QED) is 0.540. The Morgan fingerprint density at radius 2 is 1.90 bits per heavy atom. The Balaban J connectivity index is 3.97. The Hall–Kier alpha value is -0.160. The van der Waals surface area contributed by atoms with E-state index in [0.29, 0.717) is 6.42 Å². The van der Waals surface area contributed by atoms with Crippen LogP contribution >= 0.6 is 0 Å². The van der Waals surface area contributed by atoms with Gasteiger partial charge in [0.05, 0.1) is 0 Å². The van der Waals surface area contributed by atoms with E-state index in [1.54, 1.807) is 6.92 Å². The second-order valence-electron chi connectivity index (χ2n) is 2.00. The van der Waals surface area contributed by atoms with Crippen molar-refractivity contribution >= 4 is 0 Å². The maximum absolute atomic E-state index is 8.99. The van der Waals surface area contributed by atoms with Crippen LogP contribution in [0.1, 0.15) is 13.3 Å². The molecule has 0 aliphatic rings. The molecule has 4 nitrogen and oxygen atoms in total. The van der Waals surface area contributed by atoms with Crippen molar-refractivity contribution in [1.29, 1.82) is 0 Å². The van der Waals surface area contributed by atoms with Crippen LogP contribution in [0.2, 0.25) is 0 Å². The summed E-state index contributed by atoms with van der Waals surface area (Å²) in [5.41, 5.74) is 0. The highest BCUT2D eigenvalue weighted by molar-refractivity contribution is 4.63. The Bertz CT molecular complexity index is 87.7. The van der Waals surface area contributed by atoms with Crippen LogP contribution in [-0.4, -0.2) is 36.5 Å². The van der Waals surface area contributed by atoms with Crippen LogP contribution in [0.4, 0.5) is 0 Å². The van der Waals surface area contributed by atoms with Crippen molar-refractivity contribution < 1.29 is 19.7 Å². The first-order valence-corrected chi connectivity index (χ1v) is 3.11. The van der Waals surface area contributed by atoms with Crippen LogP contribution in [-0.2, 0) is 9.47 Å². The van der Waals surface area contributed by atoms with Gasteiger partial charge in [-0.1, -0.05) is 6.92 Å². The second kappa shape index (κ2) is 3.88. The van der Waals surface area contributed by atoms with Crippen molar-refractivity contribution in [3.8, 4) is 0 Å². The lowest BCUT2D eigenvalue weighted by molar-refractivity contribution is -0.370. The topological polar surface area (TPSA) is 58.9 Å². The van der Waals surface area contributed by atoms with Crippen LogP contribution in [0.5, 0.6) is 0 Å². The Morgan fingerprint density at radius 3 is 2.00 bits per heavy atom. The van der Waals surface area contributed by atoms with E-state index in [1.165, 1.54) is 14.2 Å². The normalized spacial score (nSPS) is 15.3. The highest BCUT2D eigenvalue weighted by Crippen LogP contribution is 2.13. The van der Waals surface area contributed by atoms with Gasteiger partial charge < -0.3 is 19.7 Å². The molecule has 0 saturated heterocycles. The van der Waals surface area contributed by atoms with Crippen molar-refractivity contribution in [3.05, 3.63) is 0 Å². The first-order chi connectivity index (χ1) is 4.58. The van der Waals surface area contributed by atoms with E-state index in [2.05, 4.69) is 4.74 Å². The molecule has 0 fully saturated rings. The predicted molar refractivity (Wildman–Crippen MR) is 35.3 cm³/mol. The van der Waals surface area contributed by atoms with Gasteiger partial charge in [0.2, 0.25) is 0 Å². The van der Waals surface area contributed by atoms with E-state index < -0.39 is 12.1 Å². The number of ether oxygens (including phenoxy) is 2. The van der Waals surface area contributed by atoms with Gasteiger partial charge in [-0.3, -0.25) is 0 Å². The van der Waals surface area contributed by atoms with Gasteiger partial charge in [0.25, 0.3) is 0 Å². The smallest absolute Gasteiger partial charge is 0.305 e. The summed E-state index contributed by atoms with van der Waals surface area (Å²) < 4.78 is 9.10. The van der Waals surface area contributed by atoms with Crippen molar-refractivity contribution in [1.82, 2.24) is 0 Å². The number of hydrogen-bond donors (Lipinski definition) is 2. The molecule has 0 aliphatic heterocycles. The lowest BCUT2D eigenvalue weighted by Gasteiger charge is -2.26. The van der Waals surface area contributed by atoms with Gasteiger partial charge in [-0.25, -0.2) is 0 Å². The van der Waals surface area contributed by atoms with Crippen molar-refractivity contribution in [2.24, 2.45) is 0 Å². The number of aliphatic hydroxyl groups is 2. The molecule has 1 unspecified atom stereocenters. The minimum Gasteiger partial charge on any atom is -0.373 e. The van der Waals surface area contributed by atoms with Crippen LogP contribution in [0.3, 0.4) is 0 Å². The lowest BCUT2D eigenvalue weighted by atomic mass is 10.2. The summed E-state index contributed by atoms with van der Waals surface area (Å²) in [6.45, 7) is 1.77. The van der Waals surface area contributed by atoms with Crippen molar-refractivity contribution in [3.63, 3.8) is 0 Å². The monoisotopic (exact) mass is 150 g/mol. The Kier molecular flexibility index (Phi) is 3.81. The molecule has 0 aromatic heterocycles. The Morgan fingerprint density at radius 1 is 1.40 bits per heavy atom. The van der Waals surface area contributed by atoms with Crippen LogP contribution in [0.15, 0.2) is 0 Å². The largest absolute Gasteiger partial charge is 0.373 e. The molecular weight excluding hydrogens is 136 g/mol. The molecule has 62 valence electrons. The third-order valence-corrected chi connectivity index (χ3v) is 1.38. The predicted octanol–water partition coefficient (Wildman–Crippen LogP) is -0.304. The Labute approximate surface area is 60.4 Å². The van der Waals surface area contributed by atoms with Crippen molar-refractivity contribution in [2.45, 2.75) is 25.4 Å². The van der Waals surface area contributed by atoms with E-state index in [0.717, 1.165) is 0 Å². The third kappa shape index (κ3) is 2.22. The number of methoxy groups -OCH3 is 2. The first-order valence-electron chi connectivity index (χ1n) is 3.11. The van der Waals surface area contributed by atoms with Gasteiger partial charge in [-0.15, -0.1) is 0 Å². The summed E-state index contributed by atoms with van der Waals surface area (Å²) in [4.78, 5) is 0. The van der Waals surface area contributed by atoms with E-state index in [4.69, 9.17) is 14.9 Å². The van der Waals surface area contributed by atoms with Gasteiger partial charge in [-0.05, 0) is 6.42 Å². The zero-order valence-corrected chi connectivity index (χ0v) is 6.50. The molecule has 2 N–H and O–H groups in total. The molecule has 0 bridgehead atoms. The van der Waals surface area contributed by atoms with E-state index in [1.807, 2.05) is 0 Å². The van der Waals surface area contributed by atoms with Crippen LogP contribution in [0, 0.1) is 0 Å². The van der Waals surface area contributed by atoms with Crippen molar-refractivity contribution in [2.75, 3.05) is 14.2 Å². The molecule has 0 amide bonds. The molecule has 0 aliphatic carbocycles. The standard InChI is InChI=1S/C6H14O4/c1-4-5(9-2)6(7,8)10-3/h5,7-8H,4H2,1-3H3. The minimum absolute atomic E-state index is 0.483. The summed E-state index contributed by atoms with van der Waals surface area (Å²) in [5.74, 6) is -2.16. The van der Waals surface area contributed by atoms with Crippen LogP contribution in [0.25, 0.3) is 0 Å². The maximum atomic E-state index is 8.99. The molecule has 0 radical (unpaired) electrons. The van der Waals surface area contributed by atoms with Gasteiger partial charge in [0.1, 0.15) is 6.10 Å². The molecule has 0 aromatic rings. The average molecular weight is 150 g/mol. The third-order valence-electron chi connectivity index (χ3n) is 1.38. The summed E-state index contributed by atoms with van der Waals surface area (Å²) in [6, 6.07) is 0. The highest BCUT2D eigenvalue weighted by atomic mass is 16.8. The molecule has 1 atom stereocenters. The molecule has 10 heavy (non-hydrogen) atoms. The van der Waals surface area contributed by atoms with Gasteiger partial charge in [0, 0.05) is 14.2 Å². The fourth-order valence-corrected chi connectivity index (χ4v) is 0.718. The zero-order valence-electron chi connectivity index (χ0n) is 6.50. The van der Waals surface area contributed by atoms with Gasteiger partial charge >= 0.3 is 5.97 Å². The summed E-state index contributed by atoms with van der Waals surface area (Å²) >= 11 is 0. The van der Waals surface area contributed by atoms with E-state index in [9.17, 15) is 0 Å². The molecule has 0 spiro atoms. The fourth-order valence-electron chi connectivity index (χ4n) is 0.718. The van der Waals surface area contributed by atoms with Gasteiger partial charge in [0.15, 0.2) is 0 Å². The van der Waals surface area contributed by atoms with E-state index in [-0.39, 0.29) is 0 Å². The summed E-state index contributed by atoms with van der Waals surface area (Å²) in [6.07, 6.45) is -0.213. The average Bonchev–Trinajstić information content (AvgIpc) is 1.90. The molecule has 0 aromatic carbocycles. The molecule has 0 heterocycles. The first kappa shape index (κ1) is 9.84. The molecule has 4 heteroatoms. The van der Waals surface area contributed by atoms with Crippen LogP contribution < -0.4 is 0 Å². The second-order valence-corrected chi connectivity index (χ2v) is 2.00. The molecule has 0 saturated carbocycles. The number of rotatable bonds is 4. The summed E-state index contributed by atoms with van der Waals surface area (Å²) in [5, 5.41) is 18.0. The van der Waals surface area contributed by atoms with E-state index >= 15 is 0 Å². The molecular formula is C6H14O4. The fraction of sp³-hybridized carbons (Fsp3) is 1.00. The zero-order chi connectivity index (χ0) is 8.20. The lowest BCUT2D eigenvalue weighted by Crippen LogP contribution is -2.44. The maximum Gasteiger partial charge on any atom is 0.305 e. The minimum atomic E-state index is -2.16. The summed E-state index contributed by atoms with van der Waals surface area (Å²) in [7, 11) is 2.61. The SMILES string of the molecule is CCC(OC)C(O)(O)OC. The molecule has 0 rings (SSSR count). The highest BCUT2D eigenvalue weighted by Gasteiger charge is 2.33.